The van der Waals surface area contributed by atoms with Crippen LogP contribution in [0, 0.1) is 11.3 Å². The molecular formula is C13H7Cl2NO. The Morgan fingerprint density at radius 2 is 1.88 bits per heavy atom. The topological polar surface area (TPSA) is 44.0 Å². The second-order valence-electron chi connectivity index (χ2n) is 3.45. The highest BCUT2D eigenvalue weighted by Gasteiger charge is 2.11. The number of hydrogen-bond acceptors (Lipinski definition) is 2. The molecule has 0 amide bonds. The first-order valence-electron chi connectivity index (χ1n) is 4.81. The van der Waals surface area contributed by atoms with Crippen molar-refractivity contribution in [1.29, 1.82) is 5.26 Å². The molecule has 0 aromatic heterocycles. The summed E-state index contributed by atoms with van der Waals surface area (Å²) in [5, 5.41) is 18.9. The number of phenolic OH excluding ortho intramolecular Hbond substituents is 1. The molecule has 0 fully saturated rings. The van der Waals surface area contributed by atoms with Gasteiger partial charge in [0.2, 0.25) is 0 Å². The first-order valence-corrected chi connectivity index (χ1v) is 5.56. The van der Waals surface area contributed by atoms with Gasteiger partial charge in [-0.1, -0.05) is 41.4 Å². The van der Waals surface area contributed by atoms with Crippen LogP contribution in [0.4, 0.5) is 0 Å². The first-order chi connectivity index (χ1) is 8.13. The van der Waals surface area contributed by atoms with Gasteiger partial charge in [0.25, 0.3) is 0 Å². The number of aromatic hydroxyl groups is 1. The van der Waals surface area contributed by atoms with Crippen molar-refractivity contribution in [2.24, 2.45) is 0 Å². The number of nitriles is 1. The fraction of sp³-hybridized carbons (Fsp3) is 0. The molecule has 2 aromatic carbocycles. The molecule has 0 unspecified atom stereocenters. The summed E-state index contributed by atoms with van der Waals surface area (Å²) >= 11 is 11.8. The van der Waals surface area contributed by atoms with Crippen molar-refractivity contribution in [3.05, 3.63) is 52.0 Å². The summed E-state index contributed by atoms with van der Waals surface area (Å²) in [6, 6.07) is 12.3. The molecule has 0 saturated carbocycles. The van der Waals surface area contributed by atoms with Gasteiger partial charge in [0, 0.05) is 5.56 Å². The minimum Gasteiger partial charge on any atom is -0.505 e. The number of benzene rings is 2. The average molecular weight is 264 g/mol. The van der Waals surface area contributed by atoms with Crippen molar-refractivity contribution in [2.45, 2.75) is 0 Å². The van der Waals surface area contributed by atoms with Crippen molar-refractivity contribution < 1.29 is 5.11 Å². The molecule has 2 rings (SSSR count). The summed E-state index contributed by atoms with van der Waals surface area (Å²) in [6.45, 7) is 0. The summed E-state index contributed by atoms with van der Waals surface area (Å²) in [5.74, 6) is -0.145. The molecule has 0 radical (unpaired) electrons. The van der Waals surface area contributed by atoms with Crippen LogP contribution in [0.2, 0.25) is 10.0 Å². The smallest absolute Gasteiger partial charge is 0.153 e. The minimum atomic E-state index is -0.145. The SMILES string of the molecule is N#Cc1cccc(-c2ccc(Cl)c(O)c2Cl)c1. The molecule has 2 aromatic rings. The molecule has 1 N–H and O–H groups in total. The highest BCUT2D eigenvalue weighted by Crippen LogP contribution is 2.39. The van der Waals surface area contributed by atoms with E-state index < -0.39 is 0 Å². The second kappa shape index (κ2) is 4.67. The fourth-order valence-electron chi connectivity index (χ4n) is 1.52. The van der Waals surface area contributed by atoms with Gasteiger partial charge in [-0.25, -0.2) is 0 Å². The van der Waals surface area contributed by atoms with E-state index in [1.54, 1.807) is 30.3 Å². The highest BCUT2D eigenvalue weighted by molar-refractivity contribution is 6.38. The van der Waals surface area contributed by atoms with E-state index in [1.807, 2.05) is 6.07 Å². The maximum Gasteiger partial charge on any atom is 0.153 e. The molecular weight excluding hydrogens is 257 g/mol. The summed E-state index contributed by atoms with van der Waals surface area (Å²) in [5.41, 5.74) is 1.94. The van der Waals surface area contributed by atoms with Crippen molar-refractivity contribution >= 4 is 23.2 Å². The molecule has 0 heterocycles. The molecule has 0 atom stereocenters. The van der Waals surface area contributed by atoms with Crippen LogP contribution < -0.4 is 0 Å². The lowest BCUT2D eigenvalue weighted by atomic mass is 10.0. The molecule has 0 aliphatic carbocycles. The molecule has 0 aliphatic heterocycles. The Morgan fingerprint density at radius 3 is 2.59 bits per heavy atom. The van der Waals surface area contributed by atoms with Crippen LogP contribution in [0.5, 0.6) is 5.75 Å². The Labute approximate surface area is 109 Å². The average Bonchev–Trinajstić information content (AvgIpc) is 2.36. The molecule has 84 valence electrons. The summed E-state index contributed by atoms with van der Waals surface area (Å²) in [7, 11) is 0. The maximum absolute atomic E-state index is 9.65. The van der Waals surface area contributed by atoms with Crippen molar-refractivity contribution in [1.82, 2.24) is 0 Å². The predicted molar refractivity (Wildman–Crippen MR) is 68.3 cm³/mol. The van der Waals surface area contributed by atoms with Gasteiger partial charge in [-0.2, -0.15) is 5.26 Å². The molecule has 17 heavy (non-hydrogen) atoms. The lowest BCUT2D eigenvalue weighted by molar-refractivity contribution is 0.476. The lowest BCUT2D eigenvalue weighted by Gasteiger charge is -2.07. The van der Waals surface area contributed by atoms with Crippen LogP contribution in [0.1, 0.15) is 5.56 Å². The zero-order chi connectivity index (χ0) is 12.4. The maximum atomic E-state index is 9.65. The summed E-state index contributed by atoms with van der Waals surface area (Å²) in [4.78, 5) is 0. The van der Waals surface area contributed by atoms with Crippen LogP contribution in [-0.4, -0.2) is 5.11 Å². The Hall–Kier alpha value is -1.69. The predicted octanol–water partition coefficient (Wildman–Crippen LogP) is 4.24. The summed E-state index contributed by atoms with van der Waals surface area (Å²) in [6.07, 6.45) is 0. The Kier molecular flexibility index (Phi) is 3.23. The minimum absolute atomic E-state index is 0.145. The quantitative estimate of drug-likeness (QED) is 0.837. The van der Waals surface area contributed by atoms with Crippen LogP contribution >= 0.6 is 23.2 Å². The number of phenols is 1. The zero-order valence-electron chi connectivity index (χ0n) is 8.61. The molecule has 4 heteroatoms. The van der Waals surface area contributed by atoms with Gasteiger partial charge < -0.3 is 5.11 Å². The van der Waals surface area contributed by atoms with E-state index in [0.29, 0.717) is 11.1 Å². The normalized spacial score (nSPS) is 9.94. The Morgan fingerprint density at radius 1 is 1.12 bits per heavy atom. The third-order valence-corrected chi connectivity index (χ3v) is 3.06. The fourth-order valence-corrected chi connectivity index (χ4v) is 2.00. The molecule has 0 bridgehead atoms. The van der Waals surface area contributed by atoms with Gasteiger partial charge in [-0.15, -0.1) is 0 Å². The summed E-state index contributed by atoms with van der Waals surface area (Å²) < 4.78 is 0. The van der Waals surface area contributed by atoms with Gasteiger partial charge in [-0.05, 0) is 23.8 Å². The van der Waals surface area contributed by atoms with Gasteiger partial charge >= 0.3 is 0 Å². The third-order valence-electron chi connectivity index (χ3n) is 2.37. The number of rotatable bonds is 1. The van der Waals surface area contributed by atoms with Gasteiger partial charge in [0.05, 0.1) is 21.7 Å². The number of nitrogens with zero attached hydrogens (tertiary/aromatic N) is 1. The van der Waals surface area contributed by atoms with E-state index >= 15 is 0 Å². The van der Waals surface area contributed by atoms with E-state index in [9.17, 15) is 5.11 Å². The second-order valence-corrected chi connectivity index (χ2v) is 4.24. The van der Waals surface area contributed by atoms with Gasteiger partial charge in [-0.3, -0.25) is 0 Å². The molecule has 2 nitrogen and oxygen atoms in total. The lowest BCUT2D eigenvalue weighted by Crippen LogP contribution is -1.83. The van der Waals surface area contributed by atoms with Crippen LogP contribution in [0.3, 0.4) is 0 Å². The van der Waals surface area contributed by atoms with Crippen LogP contribution in [0.25, 0.3) is 11.1 Å². The van der Waals surface area contributed by atoms with Crippen LogP contribution in [0.15, 0.2) is 36.4 Å². The van der Waals surface area contributed by atoms with E-state index in [1.165, 1.54) is 0 Å². The largest absolute Gasteiger partial charge is 0.505 e. The van der Waals surface area contributed by atoms with E-state index in [0.717, 1.165) is 5.56 Å². The monoisotopic (exact) mass is 263 g/mol. The van der Waals surface area contributed by atoms with Crippen molar-refractivity contribution in [2.75, 3.05) is 0 Å². The van der Waals surface area contributed by atoms with Crippen molar-refractivity contribution in [3.8, 4) is 22.9 Å². The van der Waals surface area contributed by atoms with Gasteiger partial charge in [0.1, 0.15) is 0 Å². The molecule has 0 spiro atoms. The number of hydrogen-bond donors (Lipinski definition) is 1. The van der Waals surface area contributed by atoms with E-state index in [-0.39, 0.29) is 15.8 Å². The Balaban J connectivity index is 2.61. The first kappa shape index (κ1) is 11.8. The standard InChI is InChI=1S/C13H7Cl2NO/c14-11-5-4-10(12(15)13(11)17)9-3-1-2-8(6-9)7-16/h1-6,17H. The third kappa shape index (κ3) is 2.21. The Bertz CT molecular complexity index is 617. The van der Waals surface area contributed by atoms with Crippen LogP contribution in [-0.2, 0) is 0 Å². The van der Waals surface area contributed by atoms with Gasteiger partial charge in [0.15, 0.2) is 5.75 Å². The number of halogens is 2. The zero-order valence-corrected chi connectivity index (χ0v) is 10.1. The molecule has 0 aliphatic rings. The highest BCUT2D eigenvalue weighted by atomic mass is 35.5. The van der Waals surface area contributed by atoms with E-state index in [4.69, 9.17) is 28.5 Å². The van der Waals surface area contributed by atoms with Crippen molar-refractivity contribution in [3.63, 3.8) is 0 Å². The molecule has 0 saturated heterocycles. The van der Waals surface area contributed by atoms with E-state index in [2.05, 4.69) is 6.07 Å².